The van der Waals surface area contributed by atoms with Gasteiger partial charge < -0.3 is 16.4 Å². The topological polar surface area (TPSA) is 131 Å². The van der Waals surface area contributed by atoms with Crippen molar-refractivity contribution < 1.29 is 9.18 Å². The van der Waals surface area contributed by atoms with E-state index < -0.39 is 17.3 Å². The summed E-state index contributed by atoms with van der Waals surface area (Å²) in [7, 11) is 0. The maximum absolute atomic E-state index is 14.0. The van der Waals surface area contributed by atoms with Crippen LogP contribution in [0, 0.1) is 17.1 Å². The molecule has 0 bridgehead atoms. The predicted octanol–water partition coefficient (Wildman–Crippen LogP) is 0.334. The van der Waals surface area contributed by atoms with E-state index in [0.29, 0.717) is 24.6 Å². The number of amides is 1. The summed E-state index contributed by atoms with van der Waals surface area (Å²) in [5.74, 6) is -1.05. The van der Waals surface area contributed by atoms with Gasteiger partial charge in [0.2, 0.25) is 11.9 Å². The molecule has 0 spiro atoms. The summed E-state index contributed by atoms with van der Waals surface area (Å²) in [6.07, 6.45) is 1.45. The van der Waals surface area contributed by atoms with Crippen molar-refractivity contribution >= 4 is 11.9 Å². The number of nitrogens with zero attached hydrogens (tertiary/aromatic N) is 4. The van der Waals surface area contributed by atoms with Crippen LogP contribution in [-0.2, 0) is 11.3 Å². The van der Waals surface area contributed by atoms with Gasteiger partial charge in [-0.2, -0.15) is 5.26 Å². The quantitative estimate of drug-likeness (QED) is 0.797. The Labute approximate surface area is 154 Å². The average Bonchev–Trinajstić information content (AvgIpc) is 2.63. The van der Waals surface area contributed by atoms with E-state index in [0.717, 1.165) is 18.9 Å². The highest BCUT2D eigenvalue weighted by Crippen LogP contribution is 2.23. The maximum atomic E-state index is 14.0. The van der Waals surface area contributed by atoms with Gasteiger partial charge in [-0.25, -0.2) is 9.37 Å². The summed E-state index contributed by atoms with van der Waals surface area (Å²) < 4.78 is 15.2. The molecule has 0 saturated carbocycles. The van der Waals surface area contributed by atoms with Crippen molar-refractivity contribution in [3.05, 3.63) is 46.0 Å². The highest BCUT2D eigenvalue weighted by atomic mass is 19.1. The Hall–Kier alpha value is -3.25. The summed E-state index contributed by atoms with van der Waals surface area (Å²) in [4.78, 5) is 30.4. The van der Waals surface area contributed by atoms with E-state index in [4.69, 9.17) is 16.7 Å². The minimum atomic E-state index is -0.691. The van der Waals surface area contributed by atoms with Crippen LogP contribution in [0.2, 0.25) is 0 Å². The van der Waals surface area contributed by atoms with Crippen LogP contribution in [0.3, 0.4) is 0 Å². The van der Waals surface area contributed by atoms with Crippen molar-refractivity contribution in [2.75, 3.05) is 18.0 Å². The fraction of sp³-hybridized carbons (Fsp3) is 0.333. The molecule has 1 aromatic carbocycles. The van der Waals surface area contributed by atoms with Gasteiger partial charge in [0.05, 0.1) is 11.3 Å². The highest BCUT2D eigenvalue weighted by Gasteiger charge is 2.22. The van der Waals surface area contributed by atoms with Crippen LogP contribution in [0.5, 0.6) is 0 Å². The number of benzene rings is 1. The Balaban J connectivity index is 2.09. The first-order valence-electron chi connectivity index (χ1n) is 8.49. The summed E-state index contributed by atoms with van der Waals surface area (Å²) in [5, 5.41) is 8.86. The van der Waals surface area contributed by atoms with Crippen LogP contribution in [0.25, 0.3) is 11.3 Å². The molecule has 27 heavy (non-hydrogen) atoms. The smallest absolute Gasteiger partial charge is 0.255 e. The summed E-state index contributed by atoms with van der Waals surface area (Å²) in [6.45, 7) is 0.862. The molecule has 0 atom stereocenters. The van der Waals surface area contributed by atoms with E-state index >= 15 is 0 Å². The van der Waals surface area contributed by atoms with Gasteiger partial charge in [0.25, 0.3) is 5.56 Å². The molecule has 2 aromatic rings. The molecule has 0 unspecified atom stereocenters. The van der Waals surface area contributed by atoms with Gasteiger partial charge in [-0.3, -0.25) is 14.2 Å². The molecular formula is C18H19FN6O2. The number of rotatable bonds is 4. The zero-order valence-electron chi connectivity index (χ0n) is 14.6. The minimum Gasteiger partial charge on any atom is -0.368 e. The third kappa shape index (κ3) is 3.96. The zero-order valence-corrected chi connectivity index (χ0v) is 14.6. The monoisotopic (exact) mass is 370 g/mol. The molecule has 1 saturated heterocycles. The van der Waals surface area contributed by atoms with Gasteiger partial charge in [0.15, 0.2) is 0 Å². The average molecular weight is 370 g/mol. The number of hydrogen-bond donors (Lipinski definition) is 2. The number of hydrogen-bond acceptors (Lipinski definition) is 6. The molecule has 0 radical (unpaired) electrons. The van der Waals surface area contributed by atoms with Gasteiger partial charge in [-0.15, -0.1) is 0 Å². The predicted molar refractivity (Wildman–Crippen MR) is 97.2 cm³/mol. The van der Waals surface area contributed by atoms with E-state index in [9.17, 15) is 14.0 Å². The van der Waals surface area contributed by atoms with E-state index in [1.165, 1.54) is 22.8 Å². The van der Waals surface area contributed by atoms with E-state index in [2.05, 4.69) is 4.98 Å². The lowest BCUT2D eigenvalue weighted by molar-refractivity contribution is -0.118. The third-order valence-corrected chi connectivity index (χ3v) is 4.51. The normalized spacial score (nSPS) is 14.8. The van der Waals surface area contributed by atoms with Crippen molar-refractivity contribution in [3.8, 4) is 17.3 Å². The second-order valence-electron chi connectivity index (χ2n) is 6.46. The summed E-state index contributed by atoms with van der Waals surface area (Å²) in [6, 6.07) is 7.07. The van der Waals surface area contributed by atoms with Crippen LogP contribution < -0.4 is 21.9 Å². The van der Waals surface area contributed by atoms with Crippen molar-refractivity contribution in [2.45, 2.75) is 25.4 Å². The van der Waals surface area contributed by atoms with Gasteiger partial charge in [0.1, 0.15) is 18.4 Å². The Morgan fingerprint density at radius 3 is 2.63 bits per heavy atom. The third-order valence-electron chi connectivity index (χ3n) is 4.51. The number of anilines is 1. The summed E-state index contributed by atoms with van der Waals surface area (Å²) in [5.41, 5.74) is 11.3. The van der Waals surface area contributed by atoms with Crippen LogP contribution in [-0.4, -0.2) is 34.6 Å². The Morgan fingerprint density at radius 2 is 2.04 bits per heavy atom. The Kier molecular flexibility index (Phi) is 5.19. The molecule has 1 aromatic heterocycles. The number of primary amides is 1. The minimum absolute atomic E-state index is 0.0772. The summed E-state index contributed by atoms with van der Waals surface area (Å²) >= 11 is 0. The first-order valence-corrected chi connectivity index (χ1v) is 8.49. The second kappa shape index (κ2) is 7.55. The molecule has 140 valence electrons. The molecule has 1 aliphatic rings. The lowest BCUT2D eigenvalue weighted by Gasteiger charge is -2.32. The Bertz CT molecular complexity index is 973. The standard InChI is InChI=1S/C18H19FN6O2/c19-14-7-11(1-2-12(14)9-20)15-8-17(27)25(10-16(22)26)18(23-15)24-5-3-13(21)4-6-24/h1-2,7-8,13H,3-6,10,21H2,(H2,22,26). The van der Waals surface area contributed by atoms with Gasteiger partial charge >= 0.3 is 0 Å². The SMILES string of the molecule is N#Cc1ccc(-c2cc(=O)n(CC(N)=O)c(N3CCC(N)CC3)n2)cc1F. The lowest BCUT2D eigenvalue weighted by Crippen LogP contribution is -2.43. The first-order chi connectivity index (χ1) is 12.9. The number of piperidine rings is 1. The van der Waals surface area contributed by atoms with E-state index in [1.807, 2.05) is 4.90 Å². The van der Waals surface area contributed by atoms with E-state index in [-0.39, 0.29) is 23.8 Å². The van der Waals surface area contributed by atoms with Crippen molar-refractivity contribution in [1.82, 2.24) is 9.55 Å². The van der Waals surface area contributed by atoms with Gasteiger partial charge in [-0.1, -0.05) is 6.07 Å². The fourth-order valence-electron chi connectivity index (χ4n) is 3.05. The number of aromatic nitrogens is 2. The highest BCUT2D eigenvalue weighted by molar-refractivity contribution is 5.74. The van der Waals surface area contributed by atoms with Crippen LogP contribution in [0.4, 0.5) is 10.3 Å². The number of halogens is 1. The fourth-order valence-corrected chi connectivity index (χ4v) is 3.05. The van der Waals surface area contributed by atoms with Gasteiger partial charge in [-0.05, 0) is 25.0 Å². The molecule has 1 aliphatic heterocycles. The Morgan fingerprint density at radius 1 is 1.33 bits per heavy atom. The maximum Gasteiger partial charge on any atom is 0.255 e. The van der Waals surface area contributed by atoms with Crippen molar-refractivity contribution in [3.63, 3.8) is 0 Å². The van der Waals surface area contributed by atoms with Crippen molar-refractivity contribution in [1.29, 1.82) is 5.26 Å². The first kappa shape index (κ1) is 18.5. The van der Waals surface area contributed by atoms with Crippen LogP contribution in [0.15, 0.2) is 29.1 Å². The molecule has 3 rings (SSSR count). The number of nitrogens with two attached hydrogens (primary N) is 2. The molecule has 0 aliphatic carbocycles. The molecule has 1 fully saturated rings. The number of nitriles is 1. The molecule has 9 heteroatoms. The van der Waals surface area contributed by atoms with E-state index in [1.54, 1.807) is 6.07 Å². The molecule has 2 heterocycles. The molecule has 8 nitrogen and oxygen atoms in total. The largest absolute Gasteiger partial charge is 0.368 e. The van der Waals surface area contributed by atoms with Crippen LogP contribution >= 0.6 is 0 Å². The zero-order chi connectivity index (χ0) is 19.6. The lowest BCUT2D eigenvalue weighted by atomic mass is 10.1. The number of carbonyl (C=O) groups excluding carboxylic acids is 1. The molecule has 4 N–H and O–H groups in total. The van der Waals surface area contributed by atoms with Crippen molar-refractivity contribution in [2.24, 2.45) is 11.5 Å². The van der Waals surface area contributed by atoms with Crippen LogP contribution in [0.1, 0.15) is 18.4 Å². The molecular weight excluding hydrogens is 351 g/mol. The second-order valence-corrected chi connectivity index (χ2v) is 6.46. The van der Waals surface area contributed by atoms with Gasteiger partial charge in [0, 0.05) is 30.8 Å². The molecule has 1 amide bonds. The number of carbonyl (C=O) groups is 1.